The molecular formula is C18H21FN4O4. The number of esters is 1. The van der Waals surface area contributed by atoms with Crippen LogP contribution in [-0.4, -0.2) is 40.2 Å². The highest BCUT2D eigenvalue weighted by Gasteiger charge is 2.20. The Morgan fingerprint density at radius 3 is 2.63 bits per heavy atom. The van der Waals surface area contributed by atoms with Crippen molar-refractivity contribution in [2.75, 3.05) is 11.9 Å². The van der Waals surface area contributed by atoms with E-state index in [1.165, 1.54) is 25.1 Å². The summed E-state index contributed by atoms with van der Waals surface area (Å²) in [6.07, 6.45) is 0.480. The molecule has 1 heterocycles. The molecule has 1 atom stereocenters. The van der Waals surface area contributed by atoms with Crippen molar-refractivity contribution in [3.63, 3.8) is 0 Å². The maximum atomic E-state index is 13.1. The smallest absolute Gasteiger partial charge is 0.326 e. The maximum Gasteiger partial charge on any atom is 0.326 e. The van der Waals surface area contributed by atoms with Crippen LogP contribution in [0, 0.1) is 5.82 Å². The lowest BCUT2D eigenvalue weighted by Gasteiger charge is -2.16. The average molecular weight is 376 g/mol. The van der Waals surface area contributed by atoms with Gasteiger partial charge in [-0.3, -0.25) is 14.4 Å². The minimum Gasteiger partial charge on any atom is -0.451 e. The zero-order valence-corrected chi connectivity index (χ0v) is 15.2. The minimum absolute atomic E-state index is 0.0474. The van der Waals surface area contributed by atoms with Crippen LogP contribution in [-0.2, 0) is 14.3 Å². The Labute approximate surface area is 155 Å². The van der Waals surface area contributed by atoms with Gasteiger partial charge < -0.3 is 15.4 Å². The number of amides is 2. The Morgan fingerprint density at radius 1 is 1.22 bits per heavy atom. The molecule has 9 heteroatoms. The molecule has 0 fully saturated rings. The quantitative estimate of drug-likeness (QED) is 0.719. The first-order chi connectivity index (χ1) is 12.8. The summed E-state index contributed by atoms with van der Waals surface area (Å²) in [5, 5.41) is 9.04. The molecule has 1 aromatic heterocycles. The third kappa shape index (κ3) is 5.63. The third-order valence-electron chi connectivity index (χ3n) is 3.57. The van der Waals surface area contributed by atoms with E-state index in [1.807, 2.05) is 13.8 Å². The first-order valence-corrected chi connectivity index (χ1v) is 8.35. The zero-order valence-electron chi connectivity index (χ0n) is 15.2. The van der Waals surface area contributed by atoms with Gasteiger partial charge in [0.1, 0.15) is 18.2 Å². The Morgan fingerprint density at radius 2 is 1.96 bits per heavy atom. The molecule has 0 aliphatic carbocycles. The van der Waals surface area contributed by atoms with Crippen LogP contribution in [0.4, 0.5) is 10.2 Å². The summed E-state index contributed by atoms with van der Waals surface area (Å²) in [4.78, 5) is 35.8. The van der Waals surface area contributed by atoms with Gasteiger partial charge in [0.25, 0.3) is 11.8 Å². The summed E-state index contributed by atoms with van der Waals surface area (Å²) in [5.41, 5.74) is 0.0792. The largest absolute Gasteiger partial charge is 0.451 e. The molecule has 0 saturated heterocycles. The number of hydrogen-bond donors (Lipinski definition) is 2. The molecule has 0 spiro atoms. The Kier molecular flexibility index (Phi) is 6.64. The second kappa shape index (κ2) is 8.93. The standard InChI is InChI=1S/C18H21FN4O4/c1-11(2)23-15(7-8-21-23)22-17(25)12(3)27-16(24)10-20-18(26)13-5-4-6-14(19)9-13/h4-9,11-12H,10H2,1-3H3,(H,20,26)(H,22,25)/t12-/m0/s1. The predicted octanol–water partition coefficient (Wildman–Crippen LogP) is 1.90. The summed E-state index contributed by atoms with van der Waals surface area (Å²) in [5.74, 6) is -2.01. The van der Waals surface area contributed by atoms with Gasteiger partial charge in [0.15, 0.2) is 6.10 Å². The highest BCUT2D eigenvalue weighted by molar-refractivity contribution is 5.97. The molecule has 0 bridgehead atoms. The second-order valence-corrected chi connectivity index (χ2v) is 6.07. The molecule has 0 saturated carbocycles. The fourth-order valence-corrected chi connectivity index (χ4v) is 2.23. The van der Waals surface area contributed by atoms with Crippen LogP contribution in [0.1, 0.15) is 37.2 Å². The van der Waals surface area contributed by atoms with Gasteiger partial charge in [0.2, 0.25) is 0 Å². The number of carbonyl (C=O) groups excluding carboxylic acids is 3. The second-order valence-electron chi connectivity index (χ2n) is 6.07. The van der Waals surface area contributed by atoms with E-state index in [-0.39, 0.29) is 11.6 Å². The van der Waals surface area contributed by atoms with Crippen molar-refractivity contribution in [3.05, 3.63) is 47.9 Å². The molecule has 0 radical (unpaired) electrons. The zero-order chi connectivity index (χ0) is 20.0. The predicted molar refractivity (Wildman–Crippen MR) is 95.5 cm³/mol. The van der Waals surface area contributed by atoms with Crippen molar-refractivity contribution in [3.8, 4) is 0 Å². The molecule has 1 aromatic carbocycles. The molecule has 8 nitrogen and oxygen atoms in total. The van der Waals surface area contributed by atoms with E-state index in [1.54, 1.807) is 16.9 Å². The SMILES string of the molecule is CC(C)n1nccc1NC(=O)[C@H](C)OC(=O)CNC(=O)c1cccc(F)c1. The molecule has 2 N–H and O–H groups in total. The Hall–Kier alpha value is -3.23. The number of carbonyl (C=O) groups is 3. The van der Waals surface area contributed by atoms with E-state index in [0.717, 1.165) is 6.07 Å². The number of nitrogens with one attached hydrogen (secondary N) is 2. The Bertz CT molecular complexity index is 834. The van der Waals surface area contributed by atoms with Crippen molar-refractivity contribution in [2.24, 2.45) is 0 Å². The van der Waals surface area contributed by atoms with Gasteiger partial charge in [-0.2, -0.15) is 5.10 Å². The van der Waals surface area contributed by atoms with Crippen LogP contribution in [0.5, 0.6) is 0 Å². The fraction of sp³-hybridized carbons (Fsp3) is 0.333. The summed E-state index contributed by atoms with van der Waals surface area (Å²) in [7, 11) is 0. The van der Waals surface area contributed by atoms with Crippen molar-refractivity contribution in [1.82, 2.24) is 15.1 Å². The fourth-order valence-electron chi connectivity index (χ4n) is 2.23. The summed E-state index contributed by atoms with van der Waals surface area (Å²) < 4.78 is 19.7. The molecule has 0 unspecified atom stereocenters. The lowest BCUT2D eigenvalue weighted by Crippen LogP contribution is -2.36. The maximum absolute atomic E-state index is 13.1. The number of hydrogen-bond acceptors (Lipinski definition) is 5. The van der Waals surface area contributed by atoms with Crippen molar-refractivity contribution < 1.29 is 23.5 Å². The lowest BCUT2D eigenvalue weighted by atomic mass is 10.2. The van der Waals surface area contributed by atoms with Crippen LogP contribution in [0.15, 0.2) is 36.5 Å². The number of ether oxygens (including phenoxy) is 1. The number of halogens is 1. The normalized spacial score (nSPS) is 11.7. The molecule has 2 rings (SSSR count). The van der Waals surface area contributed by atoms with Gasteiger partial charge in [0, 0.05) is 17.7 Å². The summed E-state index contributed by atoms with van der Waals surface area (Å²) in [6, 6.07) is 6.73. The van der Waals surface area contributed by atoms with Gasteiger partial charge in [-0.25, -0.2) is 9.07 Å². The van der Waals surface area contributed by atoms with E-state index in [2.05, 4.69) is 15.7 Å². The lowest BCUT2D eigenvalue weighted by molar-refractivity contribution is -0.152. The van der Waals surface area contributed by atoms with Gasteiger partial charge in [-0.1, -0.05) is 6.07 Å². The van der Waals surface area contributed by atoms with E-state index in [0.29, 0.717) is 5.82 Å². The van der Waals surface area contributed by atoms with Crippen LogP contribution in [0.3, 0.4) is 0 Å². The Balaban J connectivity index is 1.83. The van der Waals surface area contributed by atoms with E-state index in [9.17, 15) is 18.8 Å². The first kappa shape index (κ1) is 20.1. The van der Waals surface area contributed by atoms with Gasteiger partial charge >= 0.3 is 5.97 Å². The summed E-state index contributed by atoms with van der Waals surface area (Å²) in [6.45, 7) is 4.79. The molecule has 2 aromatic rings. The molecular weight excluding hydrogens is 355 g/mol. The van der Waals surface area contributed by atoms with Crippen LogP contribution < -0.4 is 10.6 Å². The van der Waals surface area contributed by atoms with Gasteiger partial charge in [-0.05, 0) is 39.0 Å². The van der Waals surface area contributed by atoms with Crippen LogP contribution in [0.25, 0.3) is 0 Å². The number of nitrogens with zero attached hydrogens (tertiary/aromatic N) is 2. The summed E-state index contributed by atoms with van der Waals surface area (Å²) >= 11 is 0. The van der Waals surface area contributed by atoms with E-state index < -0.39 is 36.2 Å². The molecule has 144 valence electrons. The van der Waals surface area contributed by atoms with Crippen molar-refractivity contribution >= 4 is 23.6 Å². The first-order valence-electron chi connectivity index (χ1n) is 8.35. The van der Waals surface area contributed by atoms with Crippen molar-refractivity contribution in [2.45, 2.75) is 32.9 Å². The number of anilines is 1. The van der Waals surface area contributed by atoms with Crippen molar-refractivity contribution in [1.29, 1.82) is 0 Å². The molecule has 2 amide bonds. The highest BCUT2D eigenvalue weighted by Crippen LogP contribution is 2.13. The molecule has 0 aliphatic rings. The van der Waals surface area contributed by atoms with Gasteiger partial charge in [-0.15, -0.1) is 0 Å². The highest BCUT2D eigenvalue weighted by atomic mass is 19.1. The van der Waals surface area contributed by atoms with Gasteiger partial charge in [0.05, 0.1) is 6.20 Å². The minimum atomic E-state index is -1.07. The number of aromatic nitrogens is 2. The molecule has 0 aliphatic heterocycles. The van der Waals surface area contributed by atoms with E-state index in [4.69, 9.17) is 4.74 Å². The van der Waals surface area contributed by atoms with E-state index >= 15 is 0 Å². The van der Waals surface area contributed by atoms with Crippen LogP contribution >= 0.6 is 0 Å². The third-order valence-corrected chi connectivity index (χ3v) is 3.57. The average Bonchev–Trinajstić information content (AvgIpc) is 3.08. The van der Waals surface area contributed by atoms with Crippen LogP contribution in [0.2, 0.25) is 0 Å². The topological polar surface area (TPSA) is 102 Å². The molecule has 27 heavy (non-hydrogen) atoms. The monoisotopic (exact) mass is 376 g/mol. The number of rotatable bonds is 7. The number of benzene rings is 1.